The number of halogens is 1. The molecule has 1 aliphatic heterocycles. The number of amides is 1. The molecule has 0 bridgehead atoms. The number of aromatic nitrogens is 4. The molecule has 0 fully saturated rings. The Hall–Kier alpha value is -4.45. The molecule has 6 rings (SSSR count). The van der Waals surface area contributed by atoms with E-state index in [1.54, 1.807) is 13.2 Å². The van der Waals surface area contributed by atoms with Crippen LogP contribution in [0.4, 0.5) is 0 Å². The number of aryl methyl sites for hydroxylation is 1. The van der Waals surface area contributed by atoms with Crippen LogP contribution >= 0.6 is 11.6 Å². The van der Waals surface area contributed by atoms with Crippen molar-refractivity contribution >= 4 is 46.8 Å². The average molecular weight is 583 g/mol. The minimum Gasteiger partial charge on any atom is -0.497 e. The molecule has 5 aromatic rings. The number of methoxy groups -OCH3 is 1. The van der Waals surface area contributed by atoms with E-state index in [0.717, 1.165) is 33.3 Å². The topological polar surface area (TPSA) is 138 Å². The molecule has 0 spiro atoms. The maximum Gasteiger partial charge on any atom is 0.505 e. The van der Waals surface area contributed by atoms with Crippen LogP contribution in [-0.2, 0) is 11.2 Å². The average Bonchev–Trinajstić information content (AvgIpc) is 3.55. The van der Waals surface area contributed by atoms with Crippen molar-refractivity contribution in [3.63, 3.8) is 0 Å². The number of hydrogen-bond acceptors (Lipinski definition) is 7. The van der Waals surface area contributed by atoms with E-state index < -0.39 is 13.2 Å². The standard InChI is InChI=1S/C30H28BClN6O4/c1-17-36-37-30-25(16-28(39)33-12-11-18-3-4-20-14-27(31(40)41)34-24(20)13-18)35-29(19-5-7-21(32)8-6-19)23-15-22(42-2)9-10-26(23)38(17)30/h3-10,13-15,25,34,40-41H,11-12,16H2,1-2H3,(H,33,39)/t25-/m0/s1. The maximum absolute atomic E-state index is 13.2. The van der Waals surface area contributed by atoms with Crippen LogP contribution in [0.5, 0.6) is 5.75 Å². The summed E-state index contributed by atoms with van der Waals surface area (Å²) in [6.45, 7) is 2.30. The fourth-order valence-electron chi connectivity index (χ4n) is 5.26. The predicted molar refractivity (Wildman–Crippen MR) is 162 cm³/mol. The Balaban J connectivity index is 1.26. The molecule has 212 valence electrons. The van der Waals surface area contributed by atoms with Gasteiger partial charge in [0.1, 0.15) is 17.6 Å². The van der Waals surface area contributed by atoms with E-state index in [9.17, 15) is 14.8 Å². The van der Waals surface area contributed by atoms with Crippen molar-refractivity contribution in [3.8, 4) is 11.4 Å². The van der Waals surface area contributed by atoms with Gasteiger partial charge in [0, 0.05) is 33.8 Å². The van der Waals surface area contributed by atoms with Gasteiger partial charge in [-0.25, -0.2) is 0 Å². The van der Waals surface area contributed by atoms with Crippen LogP contribution < -0.4 is 15.6 Å². The Labute approximate surface area is 247 Å². The number of nitrogens with zero attached hydrogens (tertiary/aromatic N) is 4. The van der Waals surface area contributed by atoms with Crippen LogP contribution in [0.1, 0.15) is 40.8 Å². The lowest BCUT2D eigenvalue weighted by Crippen LogP contribution is -2.30. The minimum atomic E-state index is -1.56. The highest BCUT2D eigenvalue weighted by molar-refractivity contribution is 6.58. The Morgan fingerprint density at radius 3 is 2.67 bits per heavy atom. The first kappa shape index (κ1) is 27.7. The fraction of sp³-hybridized carbons (Fsp3) is 0.200. The summed E-state index contributed by atoms with van der Waals surface area (Å²) < 4.78 is 7.47. The molecule has 0 saturated heterocycles. The van der Waals surface area contributed by atoms with Crippen molar-refractivity contribution in [2.75, 3.05) is 13.7 Å². The summed E-state index contributed by atoms with van der Waals surface area (Å²) in [6, 6.07) is 20.1. The van der Waals surface area contributed by atoms with Gasteiger partial charge in [-0.1, -0.05) is 35.9 Å². The third-order valence-corrected chi connectivity index (χ3v) is 7.60. The summed E-state index contributed by atoms with van der Waals surface area (Å²) in [4.78, 5) is 21.3. The molecule has 0 unspecified atom stereocenters. The Morgan fingerprint density at radius 2 is 1.90 bits per heavy atom. The monoisotopic (exact) mass is 582 g/mol. The molecule has 0 saturated carbocycles. The van der Waals surface area contributed by atoms with Crippen LogP contribution in [0, 0.1) is 6.92 Å². The predicted octanol–water partition coefficient (Wildman–Crippen LogP) is 3.04. The van der Waals surface area contributed by atoms with Crippen molar-refractivity contribution in [2.45, 2.75) is 25.8 Å². The molecule has 0 radical (unpaired) electrons. The number of aliphatic imine (C=N–C) groups is 1. The molecule has 1 aliphatic rings. The van der Waals surface area contributed by atoms with E-state index in [1.807, 2.05) is 72.2 Å². The summed E-state index contributed by atoms with van der Waals surface area (Å²) >= 11 is 6.18. The third kappa shape index (κ3) is 5.41. The number of H-pyrrole nitrogens is 1. The second kappa shape index (κ2) is 11.4. The van der Waals surface area contributed by atoms with Gasteiger partial charge < -0.3 is 25.1 Å². The number of hydrogen-bond donors (Lipinski definition) is 4. The van der Waals surface area contributed by atoms with Gasteiger partial charge in [0.2, 0.25) is 5.91 Å². The lowest BCUT2D eigenvalue weighted by molar-refractivity contribution is -0.121. The molecular weight excluding hydrogens is 555 g/mol. The molecule has 1 amide bonds. The zero-order chi connectivity index (χ0) is 29.4. The first-order chi connectivity index (χ1) is 20.3. The van der Waals surface area contributed by atoms with Crippen molar-refractivity contribution in [3.05, 3.63) is 100 Å². The van der Waals surface area contributed by atoms with Crippen LogP contribution in [-0.4, -0.2) is 62.2 Å². The fourth-order valence-corrected chi connectivity index (χ4v) is 5.39. The highest BCUT2D eigenvalue weighted by atomic mass is 35.5. The number of nitrogens with one attached hydrogen (secondary N) is 2. The molecule has 2 aromatic heterocycles. The normalized spacial score (nSPS) is 14.1. The van der Waals surface area contributed by atoms with Crippen LogP contribution in [0.2, 0.25) is 5.02 Å². The summed E-state index contributed by atoms with van der Waals surface area (Å²) in [5, 5.41) is 32.1. The maximum atomic E-state index is 13.2. The first-order valence-corrected chi connectivity index (χ1v) is 13.9. The van der Waals surface area contributed by atoms with Gasteiger partial charge in [0.25, 0.3) is 0 Å². The number of ether oxygens (including phenoxy) is 1. The molecule has 1 atom stereocenters. The van der Waals surface area contributed by atoms with Crippen LogP contribution in [0.25, 0.3) is 16.6 Å². The van der Waals surface area contributed by atoms with Gasteiger partial charge in [-0.3, -0.25) is 14.4 Å². The van der Waals surface area contributed by atoms with Gasteiger partial charge in [-0.2, -0.15) is 0 Å². The smallest absolute Gasteiger partial charge is 0.497 e. The zero-order valence-corrected chi connectivity index (χ0v) is 23.8. The summed E-state index contributed by atoms with van der Waals surface area (Å²) in [5.74, 6) is 1.78. The van der Waals surface area contributed by atoms with E-state index in [4.69, 9.17) is 21.3 Å². The van der Waals surface area contributed by atoms with Crippen LogP contribution in [0.3, 0.4) is 0 Å². The molecule has 4 N–H and O–H groups in total. The number of benzene rings is 3. The number of fused-ring (bicyclic) bond motifs is 4. The number of rotatable bonds is 8. The Kier molecular flexibility index (Phi) is 7.55. The summed E-state index contributed by atoms with van der Waals surface area (Å²) in [5.41, 5.74) is 5.38. The van der Waals surface area contributed by atoms with Crippen molar-refractivity contribution in [2.24, 2.45) is 4.99 Å². The lowest BCUT2D eigenvalue weighted by atomic mass is 9.86. The Bertz CT molecular complexity index is 1810. The van der Waals surface area contributed by atoms with E-state index in [0.29, 0.717) is 46.7 Å². The lowest BCUT2D eigenvalue weighted by Gasteiger charge is -2.14. The largest absolute Gasteiger partial charge is 0.505 e. The second-order valence-corrected chi connectivity index (χ2v) is 10.6. The third-order valence-electron chi connectivity index (χ3n) is 7.35. The van der Waals surface area contributed by atoms with Gasteiger partial charge in [0.15, 0.2) is 5.82 Å². The first-order valence-electron chi connectivity index (χ1n) is 13.5. The summed E-state index contributed by atoms with van der Waals surface area (Å²) in [7, 11) is 0.0592. The second-order valence-electron chi connectivity index (χ2n) is 10.1. The Morgan fingerprint density at radius 1 is 1.10 bits per heavy atom. The van der Waals surface area contributed by atoms with E-state index in [2.05, 4.69) is 20.5 Å². The van der Waals surface area contributed by atoms with Crippen molar-refractivity contribution in [1.82, 2.24) is 25.1 Å². The molecule has 12 heteroatoms. The highest BCUT2D eigenvalue weighted by Crippen LogP contribution is 2.34. The minimum absolute atomic E-state index is 0.0771. The molecule has 3 heterocycles. The molecule has 3 aromatic carbocycles. The van der Waals surface area contributed by atoms with Gasteiger partial charge in [0.05, 0.1) is 24.9 Å². The van der Waals surface area contributed by atoms with Crippen LogP contribution in [0.15, 0.2) is 71.7 Å². The van der Waals surface area contributed by atoms with Crippen molar-refractivity contribution < 1.29 is 19.6 Å². The molecule has 0 aliphatic carbocycles. The molecular formula is C30H28BClN6O4. The molecule has 10 nitrogen and oxygen atoms in total. The van der Waals surface area contributed by atoms with E-state index >= 15 is 0 Å². The molecule has 42 heavy (non-hydrogen) atoms. The number of carbonyl (C=O) groups is 1. The van der Waals surface area contributed by atoms with E-state index in [-0.39, 0.29) is 12.3 Å². The highest BCUT2D eigenvalue weighted by Gasteiger charge is 2.30. The SMILES string of the molecule is COc1ccc2c(c1)C(c1ccc(Cl)cc1)=N[C@@H](CC(=O)NCCc1ccc3cc(B(O)O)[nH]c3c1)c1nnc(C)n1-2. The van der Waals surface area contributed by atoms with Gasteiger partial charge >= 0.3 is 7.12 Å². The zero-order valence-electron chi connectivity index (χ0n) is 23.0. The van der Waals surface area contributed by atoms with Gasteiger partial charge in [-0.15, -0.1) is 10.2 Å². The van der Waals surface area contributed by atoms with E-state index in [1.165, 1.54) is 0 Å². The number of aromatic amines is 1. The van der Waals surface area contributed by atoms with Gasteiger partial charge in [-0.05, 0) is 66.8 Å². The van der Waals surface area contributed by atoms with Crippen molar-refractivity contribution in [1.29, 1.82) is 0 Å². The number of carbonyl (C=O) groups excluding carboxylic acids is 1. The quantitative estimate of drug-likeness (QED) is 0.208. The summed E-state index contributed by atoms with van der Waals surface area (Å²) in [6.07, 6.45) is 0.677.